The molecule has 2 amide bonds. The quantitative estimate of drug-likeness (QED) is 0.779. The number of piperidine rings is 1. The van der Waals surface area contributed by atoms with E-state index in [0.717, 1.165) is 31.5 Å². The molecule has 0 bridgehead atoms. The fourth-order valence-corrected chi connectivity index (χ4v) is 3.69. The third kappa shape index (κ3) is 4.59. The van der Waals surface area contributed by atoms with Gasteiger partial charge >= 0.3 is 0 Å². The van der Waals surface area contributed by atoms with Crippen molar-refractivity contribution in [3.05, 3.63) is 29.3 Å². The zero-order chi connectivity index (χ0) is 19.4. The molecule has 0 atom stereocenters. The van der Waals surface area contributed by atoms with Gasteiger partial charge in [-0.3, -0.25) is 9.59 Å². The largest absolute Gasteiger partial charge is 0.484 e. The van der Waals surface area contributed by atoms with E-state index in [2.05, 4.69) is 17.3 Å². The van der Waals surface area contributed by atoms with Gasteiger partial charge in [-0.2, -0.15) is 0 Å². The zero-order valence-corrected chi connectivity index (χ0v) is 16.4. The highest BCUT2D eigenvalue weighted by molar-refractivity contribution is 5.99. The molecule has 148 valence electrons. The number of ether oxygens (including phenoxy) is 2. The summed E-state index contributed by atoms with van der Waals surface area (Å²) in [5.74, 6) is 0.295. The van der Waals surface area contributed by atoms with Crippen LogP contribution in [0.1, 0.15) is 28.8 Å². The van der Waals surface area contributed by atoms with Crippen LogP contribution in [0.4, 0.5) is 0 Å². The number of hydrogen-bond acceptors (Lipinski definition) is 5. The van der Waals surface area contributed by atoms with Crippen molar-refractivity contribution in [2.45, 2.75) is 25.4 Å². The van der Waals surface area contributed by atoms with Crippen molar-refractivity contribution in [2.24, 2.45) is 0 Å². The zero-order valence-electron chi connectivity index (χ0n) is 16.4. The Morgan fingerprint density at radius 1 is 1.33 bits per heavy atom. The Labute approximate surface area is 160 Å². The molecule has 1 fully saturated rings. The maximum Gasteiger partial charge on any atom is 0.258 e. The van der Waals surface area contributed by atoms with Gasteiger partial charge in [-0.15, -0.1) is 0 Å². The first-order valence-corrected chi connectivity index (χ1v) is 9.45. The molecule has 3 rings (SSSR count). The summed E-state index contributed by atoms with van der Waals surface area (Å²) >= 11 is 0. The molecule has 1 spiro atoms. The summed E-state index contributed by atoms with van der Waals surface area (Å²) in [6.45, 7) is 5.08. The van der Waals surface area contributed by atoms with Crippen LogP contribution in [-0.2, 0) is 9.53 Å². The lowest BCUT2D eigenvalue weighted by Gasteiger charge is -2.41. The van der Waals surface area contributed by atoms with Crippen LogP contribution in [0, 0.1) is 6.92 Å². The van der Waals surface area contributed by atoms with Gasteiger partial charge in [-0.05, 0) is 26.1 Å². The Morgan fingerprint density at radius 3 is 2.78 bits per heavy atom. The molecule has 7 heteroatoms. The van der Waals surface area contributed by atoms with Crippen LogP contribution in [-0.4, -0.2) is 80.7 Å². The van der Waals surface area contributed by atoms with Crippen molar-refractivity contribution >= 4 is 11.8 Å². The second-order valence-electron chi connectivity index (χ2n) is 7.59. The van der Waals surface area contributed by atoms with E-state index in [-0.39, 0.29) is 18.4 Å². The Balaban J connectivity index is 1.85. The smallest absolute Gasteiger partial charge is 0.258 e. The molecular weight excluding hydrogens is 346 g/mol. The second-order valence-corrected chi connectivity index (χ2v) is 7.59. The van der Waals surface area contributed by atoms with E-state index in [4.69, 9.17) is 9.47 Å². The van der Waals surface area contributed by atoms with Crippen LogP contribution in [0.15, 0.2) is 18.2 Å². The monoisotopic (exact) mass is 375 g/mol. The number of methoxy groups -OCH3 is 1. The van der Waals surface area contributed by atoms with Crippen molar-refractivity contribution in [3.63, 3.8) is 0 Å². The van der Waals surface area contributed by atoms with Crippen LogP contribution >= 0.6 is 0 Å². The lowest BCUT2D eigenvalue weighted by Crippen LogP contribution is -2.54. The first-order chi connectivity index (χ1) is 12.9. The molecule has 2 aliphatic heterocycles. The molecule has 27 heavy (non-hydrogen) atoms. The Hall–Kier alpha value is -2.12. The Bertz CT molecular complexity index is 698. The molecule has 7 nitrogen and oxygen atoms in total. The van der Waals surface area contributed by atoms with Crippen LogP contribution in [0.25, 0.3) is 0 Å². The second kappa shape index (κ2) is 8.27. The van der Waals surface area contributed by atoms with Crippen molar-refractivity contribution in [2.75, 3.05) is 53.5 Å². The van der Waals surface area contributed by atoms with E-state index in [1.54, 1.807) is 12.0 Å². The van der Waals surface area contributed by atoms with E-state index < -0.39 is 5.60 Å². The van der Waals surface area contributed by atoms with Gasteiger partial charge in [0.15, 0.2) is 0 Å². The molecular formula is C20H29N3O4. The number of benzene rings is 1. The SMILES string of the molecule is COCCNC(=O)CN1CC2(CCN(C)CC2)Oc2ccc(C)cc2C1=O. The van der Waals surface area contributed by atoms with Gasteiger partial charge in [0.2, 0.25) is 5.91 Å². The molecule has 0 aliphatic carbocycles. The van der Waals surface area contributed by atoms with Gasteiger partial charge in [-0.25, -0.2) is 0 Å². The van der Waals surface area contributed by atoms with Crippen LogP contribution in [0.5, 0.6) is 5.75 Å². The molecule has 1 N–H and O–H groups in total. The van der Waals surface area contributed by atoms with Crippen molar-refractivity contribution in [3.8, 4) is 5.75 Å². The van der Waals surface area contributed by atoms with Crippen molar-refractivity contribution in [1.82, 2.24) is 15.1 Å². The van der Waals surface area contributed by atoms with Crippen LogP contribution in [0.2, 0.25) is 0 Å². The highest BCUT2D eigenvalue weighted by atomic mass is 16.5. The minimum absolute atomic E-state index is 0.0247. The van der Waals surface area contributed by atoms with E-state index in [9.17, 15) is 9.59 Å². The number of amides is 2. The topological polar surface area (TPSA) is 71.1 Å². The number of rotatable bonds is 5. The maximum absolute atomic E-state index is 13.2. The number of fused-ring (bicyclic) bond motifs is 1. The van der Waals surface area contributed by atoms with Gasteiger partial charge < -0.3 is 24.6 Å². The van der Waals surface area contributed by atoms with Gasteiger partial charge in [0, 0.05) is 39.6 Å². The normalized spacial score (nSPS) is 19.4. The first-order valence-electron chi connectivity index (χ1n) is 9.45. The number of aryl methyl sites for hydroxylation is 1. The van der Waals surface area contributed by atoms with E-state index in [1.165, 1.54) is 0 Å². The molecule has 1 aromatic rings. The van der Waals surface area contributed by atoms with E-state index >= 15 is 0 Å². The number of nitrogens with zero attached hydrogens (tertiary/aromatic N) is 2. The van der Waals surface area contributed by atoms with E-state index in [1.807, 2.05) is 25.1 Å². The predicted octanol–water partition coefficient (Wildman–Crippen LogP) is 1.06. The van der Waals surface area contributed by atoms with Crippen LogP contribution in [0.3, 0.4) is 0 Å². The summed E-state index contributed by atoms with van der Waals surface area (Å²) < 4.78 is 11.4. The Morgan fingerprint density at radius 2 is 2.07 bits per heavy atom. The molecule has 2 heterocycles. The summed E-state index contributed by atoms with van der Waals surface area (Å²) in [6.07, 6.45) is 1.65. The van der Waals surface area contributed by atoms with Crippen molar-refractivity contribution < 1.29 is 19.1 Å². The number of carbonyl (C=O) groups is 2. The molecule has 1 saturated heterocycles. The summed E-state index contributed by atoms with van der Waals surface area (Å²) in [7, 11) is 3.68. The number of likely N-dealkylation sites (tertiary alicyclic amines) is 1. The molecule has 0 saturated carbocycles. The van der Waals surface area contributed by atoms with Crippen LogP contribution < -0.4 is 10.1 Å². The summed E-state index contributed by atoms with van der Waals surface area (Å²) in [5, 5.41) is 2.80. The molecule has 1 aromatic carbocycles. The average Bonchev–Trinajstić information content (AvgIpc) is 2.74. The van der Waals surface area contributed by atoms with Gasteiger partial charge in [0.25, 0.3) is 5.91 Å². The number of hydrogen-bond donors (Lipinski definition) is 1. The predicted molar refractivity (Wildman–Crippen MR) is 102 cm³/mol. The summed E-state index contributed by atoms with van der Waals surface area (Å²) in [4.78, 5) is 29.4. The highest BCUT2D eigenvalue weighted by Gasteiger charge is 2.42. The third-order valence-corrected chi connectivity index (χ3v) is 5.32. The summed E-state index contributed by atoms with van der Waals surface area (Å²) in [6, 6.07) is 5.69. The maximum atomic E-state index is 13.2. The average molecular weight is 375 g/mol. The number of nitrogens with one attached hydrogen (secondary N) is 1. The lowest BCUT2D eigenvalue weighted by atomic mass is 9.90. The Kier molecular flexibility index (Phi) is 6.01. The van der Waals surface area contributed by atoms with Crippen molar-refractivity contribution in [1.29, 1.82) is 0 Å². The molecule has 0 radical (unpaired) electrons. The molecule has 0 unspecified atom stereocenters. The van der Waals surface area contributed by atoms with Gasteiger partial charge in [0.05, 0.1) is 25.3 Å². The van der Waals surface area contributed by atoms with Gasteiger partial charge in [0.1, 0.15) is 11.4 Å². The molecule has 0 aromatic heterocycles. The minimum atomic E-state index is -0.449. The first kappa shape index (κ1) is 19.6. The standard InChI is InChI=1S/C20H29N3O4/c1-15-4-5-17-16(12-15)19(25)23(13-18(24)21-8-11-26-3)14-20(27-17)6-9-22(2)10-7-20/h4-5,12H,6-11,13-14H2,1-3H3,(H,21,24). The fourth-order valence-electron chi connectivity index (χ4n) is 3.69. The number of carbonyl (C=O) groups excluding carboxylic acids is 2. The minimum Gasteiger partial charge on any atom is -0.484 e. The fraction of sp³-hybridized carbons (Fsp3) is 0.600. The van der Waals surface area contributed by atoms with Gasteiger partial charge in [-0.1, -0.05) is 11.6 Å². The third-order valence-electron chi connectivity index (χ3n) is 5.32. The highest BCUT2D eigenvalue weighted by Crippen LogP contribution is 2.35. The summed E-state index contributed by atoms with van der Waals surface area (Å²) in [5.41, 5.74) is 1.08. The molecule has 2 aliphatic rings. The van der Waals surface area contributed by atoms with E-state index in [0.29, 0.717) is 31.0 Å². The lowest BCUT2D eigenvalue weighted by molar-refractivity contribution is -0.122.